The van der Waals surface area contributed by atoms with E-state index in [9.17, 15) is 4.79 Å². The lowest BCUT2D eigenvalue weighted by atomic mass is 10.3. The van der Waals surface area contributed by atoms with Gasteiger partial charge in [0.1, 0.15) is 5.69 Å². The SMILES string of the molecule is C/C=C\C(=C/C)CSCCC(=O)N(CC)c1cn(-c2cccnc2)nc1Cl. The van der Waals surface area contributed by atoms with Gasteiger partial charge in [0.25, 0.3) is 0 Å². The number of hydrogen-bond acceptors (Lipinski definition) is 4. The molecule has 0 aliphatic rings. The summed E-state index contributed by atoms with van der Waals surface area (Å²) in [5, 5.41) is 4.62. The van der Waals surface area contributed by atoms with Crippen molar-refractivity contribution >= 4 is 35.0 Å². The molecule has 2 rings (SSSR count). The van der Waals surface area contributed by atoms with Crippen molar-refractivity contribution in [2.45, 2.75) is 27.2 Å². The van der Waals surface area contributed by atoms with Gasteiger partial charge in [-0.3, -0.25) is 9.78 Å². The number of rotatable bonds is 9. The summed E-state index contributed by atoms with van der Waals surface area (Å²) >= 11 is 8.06. The number of aromatic nitrogens is 3. The number of amides is 1. The van der Waals surface area contributed by atoms with E-state index in [0.29, 0.717) is 23.8 Å². The van der Waals surface area contributed by atoms with Gasteiger partial charge >= 0.3 is 0 Å². The Bertz CT molecular complexity index is 802. The van der Waals surface area contributed by atoms with Gasteiger partial charge in [-0.25, -0.2) is 4.68 Å². The fourth-order valence-electron chi connectivity index (χ4n) is 2.55. The van der Waals surface area contributed by atoms with Crippen molar-refractivity contribution in [3.8, 4) is 5.69 Å². The van der Waals surface area contributed by atoms with E-state index in [0.717, 1.165) is 17.2 Å². The number of thioether (sulfide) groups is 1. The third-order valence-corrected chi connectivity index (χ3v) is 5.25. The average molecular weight is 405 g/mol. The fraction of sp³-hybridized carbons (Fsp3) is 0.350. The second kappa shape index (κ2) is 10.9. The summed E-state index contributed by atoms with van der Waals surface area (Å²) in [7, 11) is 0. The number of carbonyl (C=O) groups excluding carboxylic acids is 1. The van der Waals surface area contributed by atoms with E-state index in [2.05, 4.69) is 22.2 Å². The largest absolute Gasteiger partial charge is 0.308 e. The van der Waals surface area contributed by atoms with Gasteiger partial charge in [0, 0.05) is 30.7 Å². The molecular weight excluding hydrogens is 380 g/mol. The van der Waals surface area contributed by atoms with Gasteiger partial charge in [0.15, 0.2) is 5.15 Å². The van der Waals surface area contributed by atoms with E-state index >= 15 is 0 Å². The number of anilines is 1. The summed E-state index contributed by atoms with van der Waals surface area (Å²) in [6, 6.07) is 3.72. The topological polar surface area (TPSA) is 51.0 Å². The van der Waals surface area contributed by atoms with Crippen LogP contribution in [0, 0.1) is 0 Å². The van der Waals surface area contributed by atoms with Crippen LogP contribution in [0.15, 0.2) is 54.5 Å². The second-order valence-electron chi connectivity index (χ2n) is 5.77. The van der Waals surface area contributed by atoms with Crippen molar-refractivity contribution < 1.29 is 4.79 Å². The maximum Gasteiger partial charge on any atom is 0.227 e. The first-order valence-corrected chi connectivity index (χ1v) is 10.5. The number of pyridine rings is 1. The lowest BCUT2D eigenvalue weighted by Crippen LogP contribution is -2.30. The lowest BCUT2D eigenvalue weighted by Gasteiger charge is -2.19. The molecule has 7 heteroatoms. The van der Waals surface area contributed by atoms with Crippen molar-refractivity contribution in [3.63, 3.8) is 0 Å². The molecule has 0 aliphatic heterocycles. The van der Waals surface area contributed by atoms with Crippen LogP contribution in [0.25, 0.3) is 5.69 Å². The zero-order valence-corrected chi connectivity index (χ0v) is 17.5. The van der Waals surface area contributed by atoms with Crippen LogP contribution in [0.3, 0.4) is 0 Å². The molecular formula is C20H25ClN4OS. The number of hydrogen-bond donors (Lipinski definition) is 0. The highest BCUT2D eigenvalue weighted by molar-refractivity contribution is 7.99. The minimum atomic E-state index is 0.0469. The van der Waals surface area contributed by atoms with E-state index in [-0.39, 0.29) is 5.91 Å². The molecule has 0 radical (unpaired) electrons. The molecule has 0 N–H and O–H groups in total. The molecule has 144 valence electrons. The first-order chi connectivity index (χ1) is 13.1. The molecule has 1 amide bonds. The van der Waals surface area contributed by atoms with Crippen LogP contribution in [-0.2, 0) is 4.79 Å². The number of allylic oxidation sites excluding steroid dienone is 3. The minimum absolute atomic E-state index is 0.0469. The number of carbonyl (C=O) groups is 1. The highest BCUT2D eigenvalue weighted by atomic mass is 35.5. The van der Waals surface area contributed by atoms with Crippen molar-refractivity contribution in [2.75, 3.05) is 23.0 Å². The Balaban J connectivity index is 2.00. The molecule has 2 heterocycles. The van der Waals surface area contributed by atoms with Gasteiger partial charge < -0.3 is 4.90 Å². The van der Waals surface area contributed by atoms with Gasteiger partial charge in [0.2, 0.25) is 5.91 Å². The summed E-state index contributed by atoms with van der Waals surface area (Å²) < 4.78 is 1.64. The molecule has 2 aromatic heterocycles. The van der Waals surface area contributed by atoms with Crippen LogP contribution in [0.2, 0.25) is 5.15 Å². The molecule has 0 fully saturated rings. The average Bonchev–Trinajstić information content (AvgIpc) is 3.07. The summed E-state index contributed by atoms with van der Waals surface area (Å²) in [5.41, 5.74) is 2.69. The molecule has 0 aliphatic carbocycles. The Labute approximate surface area is 170 Å². The molecule has 0 bridgehead atoms. The van der Waals surface area contributed by atoms with E-state index in [1.54, 1.807) is 39.9 Å². The van der Waals surface area contributed by atoms with E-state index < -0.39 is 0 Å². The molecule has 0 unspecified atom stereocenters. The minimum Gasteiger partial charge on any atom is -0.308 e. The van der Waals surface area contributed by atoms with Crippen LogP contribution in [0.4, 0.5) is 5.69 Å². The van der Waals surface area contributed by atoms with E-state index in [1.807, 2.05) is 39.0 Å². The number of nitrogens with zero attached hydrogens (tertiary/aromatic N) is 4. The van der Waals surface area contributed by atoms with Crippen LogP contribution >= 0.6 is 23.4 Å². The molecule has 0 atom stereocenters. The van der Waals surface area contributed by atoms with Gasteiger partial charge in [-0.1, -0.05) is 29.8 Å². The zero-order valence-electron chi connectivity index (χ0n) is 15.9. The first-order valence-electron chi connectivity index (χ1n) is 8.92. The van der Waals surface area contributed by atoms with Crippen LogP contribution in [0.1, 0.15) is 27.2 Å². The smallest absolute Gasteiger partial charge is 0.227 e. The third kappa shape index (κ3) is 5.97. The molecule has 0 spiro atoms. The number of halogens is 1. The second-order valence-corrected chi connectivity index (χ2v) is 7.23. The first kappa shape index (κ1) is 21.3. The maximum atomic E-state index is 12.7. The van der Waals surface area contributed by atoms with Crippen LogP contribution in [0.5, 0.6) is 0 Å². The summed E-state index contributed by atoms with van der Waals surface area (Å²) in [6.45, 7) is 6.52. The Morgan fingerprint density at radius 3 is 2.85 bits per heavy atom. The van der Waals surface area contributed by atoms with Crippen molar-refractivity contribution in [1.29, 1.82) is 0 Å². The predicted molar refractivity (Wildman–Crippen MR) is 115 cm³/mol. The Morgan fingerprint density at radius 2 is 2.22 bits per heavy atom. The highest BCUT2D eigenvalue weighted by Gasteiger charge is 2.20. The standard InChI is InChI=1S/C20H25ClN4OS/c1-4-8-16(5-2)15-27-12-10-19(26)24(6-3)18-14-25(23-20(18)21)17-9-7-11-22-13-17/h4-5,7-9,11,13-14H,6,10,12,15H2,1-3H3/b8-4-,16-5+. The van der Waals surface area contributed by atoms with Gasteiger partial charge in [0.05, 0.1) is 18.1 Å². The molecule has 0 saturated carbocycles. The van der Waals surface area contributed by atoms with Crippen molar-refractivity contribution in [1.82, 2.24) is 14.8 Å². The van der Waals surface area contributed by atoms with Crippen molar-refractivity contribution in [2.24, 2.45) is 0 Å². The van der Waals surface area contributed by atoms with E-state index in [4.69, 9.17) is 11.6 Å². The molecule has 0 saturated heterocycles. The predicted octanol–water partition coefficient (Wildman–Crippen LogP) is 4.92. The van der Waals surface area contributed by atoms with Crippen molar-refractivity contribution in [3.05, 3.63) is 59.7 Å². The summed E-state index contributed by atoms with van der Waals surface area (Å²) in [6.07, 6.45) is 11.9. The van der Waals surface area contributed by atoms with E-state index in [1.165, 1.54) is 5.57 Å². The Kier molecular flexibility index (Phi) is 8.61. The highest BCUT2D eigenvalue weighted by Crippen LogP contribution is 2.26. The molecule has 2 aromatic rings. The third-order valence-electron chi connectivity index (χ3n) is 3.95. The van der Waals surface area contributed by atoms with Gasteiger partial charge in [-0.05, 0) is 38.5 Å². The van der Waals surface area contributed by atoms with Crippen LogP contribution < -0.4 is 4.90 Å². The normalized spacial score (nSPS) is 11.9. The Hall–Kier alpha value is -2.05. The fourth-order valence-corrected chi connectivity index (χ4v) is 3.75. The molecule has 5 nitrogen and oxygen atoms in total. The summed E-state index contributed by atoms with van der Waals surface area (Å²) in [5.74, 6) is 1.71. The quantitative estimate of drug-likeness (QED) is 0.439. The summed E-state index contributed by atoms with van der Waals surface area (Å²) in [4.78, 5) is 18.5. The lowest BCUT2D eigenvalue weighted by molar-refractivity contribution is -0.118. The van der Waals surface area contributed by atoms with Gasteiger partial charge in [-0.15, -0.1) is 0 Å². The maximum absolute atomic E-state index is 12.7. The van der Waals surface area contributed by atoms with Gasteiger partial charge in [-0.2, -0.15) is 16.9 Å². The molecule has 0 aromatic carbocycles. The monoisotopic (exact) mass is 404 g/mol. The Morgan fingerprint density at radius 1 is 1.41 bits per heavy atom. The zero-order chi connectivity index (χ0) is 19.6. The van der Waals surface area contributed by atoms with Crippen LogP contribution in [-0.4, -0.2) is 38.7 Å². The molecule has 27 heavy (non-hydrogen) atoms.